The van der Waals surface area contributed by atoms with Gasteiger partial charge in [0.25, 0.3) is 0 Å². The zero-order valence-electron chi connectivity index (χ0n) is 11.7. The Bertz CT molecular complexity index is 516. The highest BCUT2D eigenvalue weighted by Gasteiger charge is 2.21. The molecule has 0 aliphatic carbocycles. The Balaban J connectivity index is 2.63. The van der Waals surface area contributed by atoms with Gasteiger partial charge in [0.15, 0.2) is 0 Å². The normalized spacial score (nSPS) is 12.2. The lowest BCUT2D eigenvalue weighted by Crippen LogP contribution is -2.47. The summed E-state index contributed by atoms with van der Waals surface area (Å²) in [6.45, 7) is 6.72. The van der Waals surface area contributed by atoms with Crippen LogP contribution < -0.4 is 15.4 Å². The van der Waals surface area contributed by atoms with E-state index in [0.717, 1.165) is 12.8 Å². The van der Waals surface area contributed by atoms with Crippen molar-refractivity contribution in [2.24, 2.45) is 0 Å². The highest BCUT2D eigenvalue weighted by atomic mass is 32.2. The maximum Gasteiger partial charge on any atom is 0.224 e. The molecule has 1 rings (SSSR count). The predicted octanol–water partition coefficient (Wildman–Crippen LogP) is 0.648. The van der Waals surface area contributed by atoms with Gasteiger partial charge in [0, 0.05) is 24.8 Å². The molecule has 0 saturated carbocycles. The smallest absolute Gasteiger partial charge is 0.224 e. The lowest BCUT2D eigenvalue weighted by molar-refractivity contribution is 0.476. The molecule has 0 amide bonds. The quantitative estimate of drug-likeness (QED) is 0.681. The van der Waals surface area contributed by atoms with E-state index in [1.54, 1.807) is 26.1 Å². The van der Waals surface area contributed by atoms with E-state index in [1.807, 2.05) is 6.92 Å². The van der Waals surface area contributed by atoms with Crippen molar-refractivity contribution in [1.82, 2.24) is 14.7 Å². The van der Waals surface area contributed by atoms with Gasteiger partial charge in [-0.15, -0.1) is 0 Å². The van der Waals surface area contributed by atoms with E-state index in [9.17, 15) is 8.42 Å². The lowest BCUT2D eigenvalue weighted by Gasteiger charge is -2.25. The standard InChI is InChI=1S/C11H21N5O2S/c1-5-12-10-13-7-6-9(15-10)14-8-11(2,3)16-19(4,17)18/h6-7,16H,5,8H2,1-4H3,(H2,12,13,14,15). The largest absolute Gasteiger partial charge is 0.368 e. The summed E-state index contributed by atoms with van der Waals surface area (Å²) in [4.78, 5) is 8.31. The summed E-state index contributed by atoms with van der Waals surface area (Å²) in [7, 11) is -3.24. The molecule has 1 aromatic heterocycles. The van der Waals surface area contributed by atoms with Gasteiger partial charge in [-0.25, -0.2) is 18.1 Å². The zero-order valence-corrected chi connectivity index (χ0v) is 12.5. The van der Waals surface area contributed by atoms with E-state index in [4.69, 9.17) is 0 Å². The molecule has 0 fully saturated rings. The second-order valence-electron chi connectivity index (χ2n) is 4.91. The van der Waals surface area contributed by atoms with E-state index < -0.39 is 15.6 Å². The van der Waals surface area contributed by atoms with Crippen LogP contribution in [0.5, 0.6) is 0 Å². The molecule has 0 aliphatic rings. The molecular formula is C11H21N5O2S. The second-order valence-corrected chi connectivity index (χ2v) is 6.66. The molecule has 108 valence electrons. The van der Waals surface area contributed by atoms with Crippen LogP contribution in [-0.2, 0) is 10.0 Å². The molecule has 19 heavy (non-hydrogen) atoms. The number of aromatic nitrogens is 2. The Morgan fingerprint density at radius 3 is 2.58 bits per heavy atom. The van der Waals surface area contributed by atoms with Crippen LogP contribution in [0.25, 0.3) is 0 Å². The third kappa shape index (κ3) is 6.35. The van der Waals surface area contributed by atoms with E-state index >= 15 is 0 Å². The van der Waals surface area contributed by atoms with Gasteiger partial charge in [-0.3, -0.25) is 0 Å². The maximum atomic E-state index is 11.2. The third-order valence-corrected chi connectivity index (χ3v) is 3.09. The van der Waals surface area contributed by atoms with Crippen molar-refractivity contribution in [3.63, 3.8) is 0 Å². The van der Waals surface area contributed by atoms with Gasteiger partial charge >= 0.3 is 0 Å². The number of hydrogen-bond acceptors (Lipinski definition) is 6. The van der Waals surface area contributed by atoms with Gasteiger partial charge < -0.3 is 10.6 Å². The molecule has 3 N–H and O–H groups in total. The molecule has 0 aliphatic heterocycles. The van der Waals surface area contributed by atoms with E-state index in [1.165, 1.54) is 0 Å². The van der Waals surface area contributed by atoms with Crippen LogP contribution in [0.1, 0.15) is 20.8 Å². The average Bonchev–Trinajstić information content (AvgIpc) is 2.24. The number of nitrogens with one attached hydrogen (secondary N) is 3. The molecule has 0 radical (unpaired) electrons. The summed E-state index contributed by atoms with van der Waals surface area (Å²) in [6, 6.07) is 1.73. The van der Waals surface area contributed by atoms with Gasteiger partial charge in [-0.05, 0) is 26.8 Å². The molecule has 7 nitrogen and oxygen atoms in total. The summed E-state index contributed by atoms with van der Waals surface area (Å²) in [6.07, 6.45) is 2.78. The van der Waals surface area contributed by atoms with Gasteiger partial charge in [0.1, 0.15) is 5.82 Å². The molecule has 0 spiro atoms. The van der Waals surface area contributed by atoms with Crippen LogP contribution >= 0.6 is 0 Å². The molecule has 0 atom stereocenters. The van der Waals surface area contributed by atoms with Gasteiger partial charge in [-0.2, -0.15) is 4.98 Å². The summed E-state index contributed by atoms with van der Waals surface area (Å²) < 4.78 is 25.0. The second kappa shape index (κ2) is 6.16. The first-order valence-electron chi connectivity index (χ1n) is 6.01. The fraction of sp³-hybridized carbons (Fsp3) is 0.636. The van der Waals surface area contributed by atoms with Crippen molar-refractivity contribution in [2.75, 3.05) is 30.0 Å². The molecule has 1 aromatic rings. The summed E-state index contributed by atoms with van der Waals surface area (Å²) in [5.41, 5.74) is -0.600. The van der Waals surface area contributed by atoms with Crippen LogP contribution in [0.3, 0.4) is 0 Å². The fourth-order valence-corrected chi connectivity index (χ4v) is 2.63. The molecule has 0 aromatic carbocycles. The van der Waals surface area contributed by atoms with E-state index in [-0.39, 0.29) is 0 Å². The summed E-state index contributed by atoms with van der Waals surface area (Å²) in [5.74, 6) is 1.19. The highest BCUT2D eigenvalue weighted by molar-refractivity contribution is 7.88. The van der Waals surface area contributed by atoms with Crippen molar-refractivity contribution in [1.29, 1.82) is 0 Å². The Morgan fingerprint density at radius 1 is 1.32 bits per heavy atom. The Hall–Kier alpha value is -1.41. The SMILES string of the molecule is CCNc1nccc(NCC(C)(C)NS(C)(=O)=O)n1. The Labute approximate surface area is 114 Å². The minimum absolute atomic E-state index is 0.419. The average molecular weight is 287 g/mol. The summed E-state index contributed by atoms with van der Waals surface area (Å²) >= 11 is 0. The molecule has 0 bridgehead atoms. The van der Waals surface area contributed by atoms with Gasteiger partial charge in [0.05, 0.1) is 6.26 Å². The minimum atomic E-state index is -3.24. The van der Waals surface area contributed by atoms with Crippen LogP contribution in [0, 0.1) is 0 Å². The van der Waals surface area contributed by atoms with Gasteiger partial charge in [-0.1, -0.05) is 0 Å². The molecule has 0 saturated heterocycles. The number of sulfonamides is 1. The van der Waals surface area contributed by atoms with Crippen LogP contribution in [0.2, 0.25) is 0 Å². The van der Waals surface area contributed by atoms with Crippen molar-refractivity contribution >= 4 is 21.8 Å². The number of rotatable bonds is 7. The minimum Gasteiger partial charge on any atom is -0.368 e. The van der Waals surface area contributed by atoms with E-state index in [0.29, 0.717) is 18.3 Å². The Kier molecular flexibility index (Phi) is 5.07. The third-order valence-electron chi connectivity index (χ3n) is 2.16. The number of anilines is 2. The fourth-order valence-electron chi connectivity index (χ4n) is 1.55. The van der Waals surface area contributed by atoms with Crippen molar-refractivity contribution in [2.45, 2.75) is 26.3 Å². The number of hydrogen-bond donors (Lipinski definition) is 3. The van der Waals surface area contributed by atoms with Crippen LogP contribution in [-0.4, -0.2) is 43.3 Å². The monoisotopic (exact) mass is 287 g/mol. The van der Waals surface area contributed by atoms with Crippen molar-refractivity contribution in [3.05, 3.63) is 12.3 Å². The molecular weight excluding hydrogens is 266 g/mol. The predicted molar refractivity (Wildman–Crippen MR) is 76.7 cm³/mol. The van der Waals surface area contributed by atoms with Crippen LogP contribution in [0.4, 0.5) is 11.8 Å². The molecule has 1 heterocycles. The first kappa shape index (κ1) is 15.6. The summed E-state index contributed by atoms with van der Waals surface area (Å²) in [5, 5.41) is 6.10. The first-order chi connectivity index (χ1) is 8.72. The molecule has 8 heteroatoms. The van der Waals surface area contributed by atoms with E-state index in [2.05, 4.69) is 25.3 Å². The van der Waals surface area contributed by atoms with Crippen molar-refractivity contribution < 1.29 is 8.42 Å². The first-order valence-corrected chi connectivity index (χ1v) is 7.91. The van der Waals surface area contributed by atoms with Crippen molar-refractivity contribution in [3.8, 4) is 0 Å². The van der Waals surface area contributed by atoms with Gasteiger partial charge in [0.2, 0.25) is 16.0 Å². The Morgan fingerprint density at radius 2 is 2.00 bits per heavy atom. The lowest BCUT2D eigenvalue weighted by atomic mass is 10.1. The number of nitrogens with zero attached hydrogens (tertiary/aromatic N) is 2. The van der Waals surface area contributed by atoms with Crippen LogP contribution in [0.15, 0.2) is 12.3 Å². The highest BCUT2D eigenvalue weighted by Crippen LogP contribution is 2.09. The topological polar surface area (TPSA) is 96.0 Å². The molecule has 0 unspecified atom stereocenters. The maximum absolute atomic E-state index is 11.2. The zero-order chi connectivity index (χ0) is 14.5.